The van der Waals surface area contributed by atoms with Gasteiger partial charge in [-0.15, -0.1) is 0 Å². The Hall–Kier alpha value is -1.06. The van der Waals surface area contributed by atoms with Crippen LogP contribution < -0.4 is 10.1 Å². The van der Waals surface area contributed by atoms with Gasteiger partial charge >= 0.3 is 0 Å². The standard InChI is InChI=1S/C16H28N2O/c1-13(2)17-9-10-18(5)12-15-7-6-8-16(11-15)19-14(3)4/h6-8,11,13-14,17H,9-10,12H2,1-5H3. The van der Waals surface area contributed by atoms with E-state index in [0.29, 0.717) is 6.04 Å². The van der Waals surface area contributed by atoms with Crippen LogP contribution in [0.2, 0.25) is 0 Å². The van der Waals surface area contributed by atoms with Gasteiger partial charge in [-0.25, -0.2) is 0 Å². The van der Waals surface area contributed by atoms with E-state index < -0.39 is 0 Å². The molecule has 0 aliphatic rings. The van der Waals surface area contributed by atoms with Crippen LogP contribution in [0.3, 0.4) is 0 Å². The molecule has 0 saturated heterocycles. The Bertz CT molecular complexity index is 364. The summed E-state index contributed by atoms with van der Waals surface area (Å²) in [7, 11) is 2.15. The Morgan fingerprint density at radius 1 is 1.21 bits per heavy atom. The van der Waals surface area contributed by atoms with Crippen molar-refractivity contribution < 1.29 is 4.74 Å². The Morgan fingerprint density at radius 3 is 2.58 bits per heavy atom. The largest absolute Gasteiger partial charge is 0.491 e. The maximum Gasteiger partial charge on any atom is 0.120 e. The molecule has 0 aliphatic heterocycles. The van der Waals surface area contributed by atoms with Crippen LogP contribution >= 0.6 is 0 Å². The Kier molecular flexibility index (Phi) is 6.89. The summed E-state index contributed by atoms with van der Waals surface area (Å²) < 4.78 is 5.72. The van der Waals surface area contributed by atoms with Gasteiger partial charge in [0, 0.05) is 25.7 Å². The van der Waals surface area contributed by atoms with E-state index in [1.165, 1.54) is 5.56 Å². The lowest BCUT2D eigenvalue weighted by atomic mass is 10.2. The molecule has 0 aliphatic carbocycles. The minimum atomic E-state index is 0.225. The quantitative estimate of drug-likeness (QED) is 0.781. The van der Waals surface area contributed by atoms with Crippen LogP contribution in [-0.4, -0.2) is 37.2 Å². The van der Waals surface area contributed by atoms with Crippen LogP contribution in [0.25, 0.3) is 0 Å². The molecule has 1 aromatic carbocycles. The number of benzene rings is 1. The fraction of sp³-hybridized carbons (Fsp3) is 0.625. The van der Waals surface area contributed by atoms with Crippen LogP contribution in [0, 0.1) is 0 Å². The molecule has 3 heteroatoms. The van der Waals surface area contributed by atoms with Crippen molar-refractivity contribution in [2.75, 3.05) is 20.1 Å². The molecule has 0 amide bonds. The fourth-order valence-corrected chi connectivity index (χ4v) is 1.92. The Morgan fingerprint density at radius 2 is 1.95 bits per heavy atom. The molecule has 1 rings (SSSR count). The first-order valence-corrected chi connectivity index (χ1v) is 7.15. The summed E-state index contributed by atoms with van der Waals surface area (Å²) in [4.78, 5) is 2.32. The van der Waals surface area contributed by atoms with E-state index in [-0.39, 0.29) is 6.10 Å². The number of rotatable bonds is 8. The lowest BCUT2D eigenvalue weighted by Gasteiger charge is -2.19. The van der Waals surface area contributed by atoms with Crippen LogP contribution in [0.15, 0.2) is 24.3 Å². The highest BCUT2D eigenvalue weighted by Crippen LogP contribution is 2.15. The van der Waals surface area contributed by atoms with Gasteiger partial charge in [-0.3, -0.25) is 0 Å². The third-order valence-electron chi connectivity index (χ3n) is 2.77. The normalized spacial score (nSPS) is 11.6. The van der Waals surface area contributed by atoms with Gasteiger partial charge in [-0.05, 0) is 38.6 Å². The van der Waals surface area contributed by atoms with Gasteiger partial charge in [-0.2, -0.15) is 0 Å². The molecule has 0 bridgehead atoms. The van der Waals surface area contributed by atoms with Crippen molar-refractivity contribution in [2.24, 2.45) is 0 Å². The second-order valence-electron chi connectivity index (χ2n) is 5.66. The van der Waals surface area contributed by atoms with E-state index in [0.717, 1.165) is 25.4 Å². The zero-order valence-corrected chi connectivity index (χ0v) is 12.9. The summed E-state index contributed by atoms with van der Waals surface area (Å²) in [6.07, 6.45) is 0.225. The molecule has 1 N–H and O–H groups in total. The van der Waals surface area contributed by atoms with Crippen LogP contribution in [-0.2, 0) is 6.54 Å². The van der Waals surface area contributed by atoms with Crippen LogP contribution in [0.1, 0.15) is 33.3 Å². The van der Waals surface area contributed by atoms with Gasteiger partial charge in [0.05, 0.1) is 6.10 Å². The third-order valence-corrected chi connectivity index (χ3v) is 2.77. The highest BCUT2D eigenvalue weighted by molar-refractivity contribution is 5.28. The SMILES string of the molecule is CC(C)NCCN(C)Cc1cccc(OC(C)C)c1. The summed E-state index contributed by atoms with van der Waals surface area (Å²) in [5, 5.41) is 3.43. The van der Waals surface area contributed by atoms with Gasteiger partial charge < -0.3 is 15.0 Å². The monoisotopic (exact) mass is 264 g/mol. The smallest absolute Gasteiger partial charge is 0.120 e. The van der Waals surface area contributed by atoms with Gasteiger partial charge in [0.1, 0.15) is 5.75 Å². The molecule has 0 fully saturated rings. The molecule has 0 unspecified atom stereocenters. The minimum Gasteiger partial charge on any atom is -0.491 e. The molecule has 0 spiro atoms. The molecule has 0 saturated carbocycles. The zero-order chi connectivity index (χ0) is 14.3. The average molecular weight is 264 g/mol. The molecule has 0 heterocycles. The summed E-state index contributed by atoms with van der Waals surface area (Å²) in [5.41, 5.74) is 1.30. The third kappa shape index (κ3) is 7.19. The first kappa shape index (κ1) is 16.0. The van der Waals surface area contributed by atoms with Crippen molar-refractivity contribution in [3.05, 3.63) is 29.8 Å². The van der Waals surface area contributed by atoms with Crippen molar-refractivity contribution in [3.8, 4) is 5.75 Å². The second-order valence-corrected chi connectivity index (χ2v) is 5.66. The number of nitrogens with one attached hydrogen (secondary N) is 1. The molecule has 1 aromatic rings. The average Bonchev–Trinajstić information content (AvgIpc) is 2.27. The predicted molar refractivity (Wildman–Crippen MR) is 81.7 cm³/mol. The fourth-order valence-electron chi connectivity index (χ4n) is 1.92. The second kappa shape index (κ2) is 8.18. The maximum atomic E-state index is 5.72. The molecule has 0 aromatic heterocycles. The van der Waals surface area contributed by atoms with E-state index in [1.807, 2.05) is 6.07 Å². The Labute approximate surface area is 118 Å². The van der Waals surface area contributed by atoms with Gasteiger partial charge in [-0.1, -0.05) is 26.0 Å². The van der Waals surface area contributed by atoms with Crippen LogP contribution in [0.5, 0.6) is 5.75 Å². The van der Waals surface area contributed by atoms with E-state index in [4.69, 9.17) is 4.74 Å². The van der Waals surface area contributed by atoms with Crippen LogP contribution in [0.4, 0.5) is 0 Å². The minimum absolute atomic E-state index is 0.225. The van der Waals surface area contributed by atoms with Gasteiger partial charge in [0.25, 0.3) is 0 Å². The lowest BCUT2D eigenvalue weighted by molar-refractivity contribution is 0.241. The molecule has 0 atom stereocenters. The van der Waals surface area contributed by atoms with E-state index in [1.54, 1.807) is 0 Å². The van der Waals surface area contributed by atoms with E-state index >= 15 is 0 Å². The molecular formula is C16H28N2O. The maximum absolute atomic E-state index is 5.72. The zero-order valence-electron chi connectivity index (χ0n) is 12.9. The number of likely N-dealkylation sites (N-methyl/N-ethyl adjacent to an activating group) is 1. The van der Waals surface area contributed by atoms with Gasteiger partial charge in [0.2, 0.25) is 0 Å². The first-order valence-electron chi connectivity index (χ1n) is 7.15. The molecule has 0 radical (unpaired) electrons. The lowest BCUT2D eigenvalue weighted by Crippen LogP contribution is -2.32. The summed E-state index contributed by atoms with van der Waals surface area (Å²) >= 11 is 0. The topological polar surface area (TPSA) is 24.5 Å². The molecule has 19 heavy (non-hydrogen) atoms. The van der Waals surface area contributed by atoms with Crippen molar-refractivity contribution in [2.45, 2.75) is 46.4 Å². The number of ether oxygens (including phenoxy) is 1. The van der Waals surface area contributed by atoms with Crippen molar-refractivity contribution in [1.82, 2.24) is 10.2 Å². The number of nitrogens with zero attached hydrogens (tertiary/aromatic N) is 1. The van der Waals surface area contributed by atoms with Gasteiger partial charge in [0.15, 0.2) is 0 Å². The summed E-state index contributed by atoms with van der Waals surface area (Å²) in [6.45, 7) is 11.5. The highest BCUT2D eigenvalue weighted by atomic mass is 16.5. The summed E-state index contributed by atoms with van der Waals surface area (Å²) in [5.74, 6) is 0.959. The number of hydrogen-bond acceptors (Lipinski definition) is 3. The molecule has 3 nitrogen and oxygen atoms in total. The molecular weight excluding hydrogens is 236 g/mol. The highest BCUT2D eigenvalue weighted by Gasteiger charge is 2.03. The summed E-state index contributed by atoms with van der Waals surface area (Å²) in [6, 6.07) is 8.92. The van der Waals surface area contributed by atoms with Crippen molar-refractivity contribution in [3.63, 3.8) is 0 Å². The van der Waals surface area contributed by atoms with Crippen molar-refractivity contribution in [1.29, 1.82) is 0 Å². The first-order chi connectivity index (χ1) is 8.97. The van der Waals surface area contributed by atoms with E-state index in [2.05, 4.69) is 63.2 Å². The van der Waals surface area contributed by atoms with E-state index in [9.17, 15) is 0 Å². The molecule has 108 valence electrons. The number of hydrogen-bond donors (Lipinski definition) is 1. The predicted octanol–water partition coefficient (Wildman–Crippen LogP) is 2.90. The van der Waals surface area contributed by atoms with Crippen molar-refractivity contribution >= 4 is 0 Å². The Balaban J connectivity index is 2.43.